The summed E-state index contributed by atoms with van der Waals surface area (Å²) < 4.78 is 21.3. The van der Waals surface area contributed by atoms with E-state index in [0.717, 1.165) is 26.1 Å². The summed E-state index contributed by atoms with van der Waals surface area (Å²) in [5, 5.41) is 3.36. The fraction of sp³-hybridized carbons (Fsp3) is 0.320. The van der Waals surface area contributed by atoms with Crippen molar-refractivity contribution in [2.75, 3.05) is 38.7 Å². The minimum Gasteiger partial charge on any atom is -0.497 e. The van der Waals surface area contributed by atoms with Crippen LogP contribution in [0.25, 0.3) is 27.2 Å². The van der Waals surface area contributed by atoms with Gasteiger partial charge in [-0.3, -0.25) is 9.36 Å². The Labute approximate surface area is 192 Å². The van der Waals surface area contributed by atoms with E-state index in [-0.39, 0.29) is 11.2 Å². The second-order valence-corrected chi connectivity index (χ2v) is 8.25. The first-order valence-electron chi connectivity index (χ1n) is 10.8. The number of halogens is 1. The van der Waals surface area contributed by atoms with Gasteiger partial charge in [0.2, 0.25) is 11.6 Å². The molecule has 7 nitrogen and oxygen atoms in total. The fourth-order valence-electron chi connectivity index (χ4n) is 4.24. The van der Waals surface area contributed by atoms with Crippen LogP contribution in [0.15, 0.2) is 47.3 Å². The molecule has 1 saturated heterocycles. The summed E-state index contributed by atoms with van der Waals surface area (Å²) in [6.45, 7) is 9.79. The average molecular weight is 448 g/mol. The average Bonchev–Trinajstić information content (AvgIpc) is 3.33. The lowest BCUT2D eigenvalue weighted by molar-refractivity contribution is 0.415. The van der Waals surface area contributed by atoms with Crippen molar-refractivity contribution in [3.8, 4) is 28.1 Å². The molecule has 0 amide bonds. The molecule has 0 radical (unpaired) electrons. The van der Waals surface area contributed by atoms with Crippen molar-refractivity contribution in [2.45, 2.75) is 6.42 Å². The van der Waals surface area contributed by atoms with Crippen LogP contribution >= 0.6 is 0 Å². The maximum absolute atomic E-state index is 14.5. The molecule has 33 heavy (non-hydrogen) atoms. The molecule has 1 N–H and O–H groups in total. The van der Waals surface area contributed by atoms with Crippen LogP contribution < -0.4 is 20.5 Å². The molecule has 0 aliphatic carbocycles. The van der Waals surface area contributed by atoms with Crippen LogP contribution in [0.5, 0.6) is 5.75 Å². The van der Waals surface area contributed by atoms with Crippen molar-refractivity contribution in [2.24, 2.45) is 13.0 Å². The lowest BCUT2D eigenvalue weighted by atomic mass is 10.00. The van der Waals surface area contributed by atoms with Crippen molar-refractivity contribution in [3.05, 3.63) is 70.1 Å². The molecule has 2 heterocycles. The van der Waals surface area contributed by atoms with E-state index in [2.05, 4.69) is 10.2 Å². The zero-order valence-electron chi connectivity index (χ0n) is 18.9. The summed E-state index contributed by atoms with van der Waals surface area (Å²) in [4.78, 5) is 23.6. The molecular weight excluding hydrogens is 421 g/mol. The maximum atomic E-state index is 14.5. The summed E-state index contributed by atoms with van der Waals surface area (Å²) >= 11 is 0. The standard InChI is InChI=1S/C25H26FN5O2/c1-27-21-10-7-18(13-20(21)26)23-22(17-5-8-19(33-4)9-6-17)24(32)31(3)25(29-23)30(2)15-16-11-12-28-14-16/h5-10,13,16,28H,11-12,14-15H2,2-4H3. The van der Waals surface area contributed by atoms with Gasteiger partial charge in [0.15, 0.2) is 0 Å². The Morgan fingerprint density at radius 2 is 2.00 bits per heavy atom. The van der Waals surface area contributed by atoms with E-state index in [1.807, 2.05) is 11.9 Å². The molecule has 4 rings (SSSR count). The monoisotopic (exact) mass is 447 g/mol. The number of anilines is 1. The van der Waals surface area contributed by atoms with Crippen molar-refractivity contribution in [1.82, 2.24) is 14.9 Å². The van der Waals surface area contributed by atoms with Gasteiger partial charge in [-0.15, -0.1) is 0 Å². The quantitative estimate of drug-likeness (QED) is 0.582. The predicted octanol–water partition coefficient (Wildman–Crippen LogP) is 3.86. The lowest BCUT2D eigenvalue weighted by Gasteiger charge is -2.25. The molecule has 1 unspecified atom stereocenters. The summed E-state index contributed by atoms with van der Waals surface area (Å²) in [5.74, 6) is 0.998. The van der Waals surface area contributed by atoms with Crippen LogP contribution in [0.3, 0.4) is 0 Å². The largest absolute Gasteiger partial charge is 0.497 e. The highest BCUT2D eigenvalue weighted by Crippen LogP contribution is 2.33. The number of nitrogens with one attached hydrogen (secondary N) is 1. The third-order valence-corrected chi connectivity index (χ3v) is 6.02. The first kappa shape index (κ1) is 22.5. The number of benzene rings is 2. The maximum Gasteiger partial charge on any atom is 0.263 e. The number of methoxy groups -OCH3 is 1. The summed E-state index contributed by atoms with van der Waals surface area (Å²) in [6, 6.07) is 11.4. The Morgan fingerprint density at radius 1 is 1.27 bits per heavy atom. The van der Waals surface area contributed by atoms with E-state index < -0.39 is 5.82 Å². The Morgan fingerprint density at radius 3 is 2.61 bits per heavy atom. The predicted molar refractivity (Wildman–Crippen MR) is 127 cm³/mol. The second-order valence-electron chi connectivity index (χ2n) is 8.25. The van der Waals surface area contributed by atoms with Gasteiger partial charge in [0.25, 0.3) is 5.56 Å². The third-order valence-electron chi connectivity index (χ3n) is 6.02. The summed E-state index contributed by atoms with van der Waals surface area (Å²) in [5.41, 5.74) is 1.55. The fourth-order valence-corrected chi connectivity index (χ4v) is 4.24. The molecule has 1 aliphatic heterocycles. The third kappa shape index (κ3) is 4.45. The highest BCUT2D eigenvalue weighted by atomic mass is 19.1. The lowest BCUT2D eigenvalue weighted by Crippen LogP contribution is -2.34. The van der Waals surface area contributed by atoms with E-state index in [4.69, 9.17) is 16.3 Å². The molecule has 1 fully saturated rings. The van der Waals surface area contributed by atoms with Crippen LogP contribution in [-0.4, -0.2) is 43.3 Å². The van der Waals surface area contributed by atoms with Crippen molar-refractivity contribution in [3.63, 3.8) is 0 Å². The van der Waals surface area contributed by atoms with Crippen molar-refractivity contribution >= 4 is 11.6 Å². The van der Waals surface area contributed by atoms with Crippen molar-refractivity contribution in [1.29, 1.82) is 0 Å². The number of rotatable bonds is 6. The Hall–Kier alpha value is -3.70. The van der Waals surface area contributed by atoms with Crippen LogP contribution in [-0.2, 0) is 7.05 Å². The first-order chi connectivity index (χ1) is 15.9. The Bertz CT molecular complexity index is 1260. The number of ether oxygens (including phenoxy) is 1. The van der Waals surface area contributed by atoms with Crippen LogP contribution in [0.2, 0.25) is 0 Å². The number of aromatic nitrogens is 2. The van der Waals surface area contributed by atoms with Gasteiger partial charge in [0.05, 0.1) is 24.9 Å². The topological polar surface area (TPSA) is 63.8 Å². The molecule has 8 heteroatoms. The number of hydrogen-bond acceptors (Lipinski definition) is 5. The van der Waals surface area contributed by atoms with Gasteiger partial charge < -0.3 is 15.0 Å². The summed E-state index contributed by atoms with van der Waals surface area (Å²) in [7, 11) is 5.19. The van der Waals surface area contributed by atoms with E-state index >= 15 is 0 Å². The van der Waals surface area contributed by atoms with Crippen LogP contribution in [0.4, 0.5) is 16.0 Å². The second kappa shape index (κ2) is 9.43. The van der Waals surface area contributed by atoms with Crippen LogP contribution in [0, 0.1) is 18.3 Å². The number of nitrogens with zero attached hydrogens (tertiary/aromatic N) is 4. The molecule has 1 aliphatic rings. The van der Waals surface area contributed by atoms with E-state index in [0.29, 0.717) is 40.0 Å². The van der Waals surface area contributed by atoms with E-state index in [9.17, 15) is 9.18 Å². The number of hydrogen-bond donors (Lipinski definition) is 1. The highest BCUT2D eigenvalue weighted by molar-refractivity contribution is 5.82. The first-order valence-corrected chi connectivity index (χ1v) is 10.8. The molecule has 1 aromatic heterocycles. The van der Waals surface area contributed by atoms with E-state index in [1.165, 1.54) is 16.7 Å². The molecule has 170 valence electrons. The van der Waals surface area contributed by atoms with Gasteiger partial charge in [-0.05, 0) is 49.2 Å². The molecule has 2 aromatic carbocycles. The zero-order valence-corrected chi connectivity index (χ0v) is 18.9. The van der Waals surface area contributed by atoms with Gasteiger partial charge >= 0.3 is 0 Å². The molecule has 3 aromatic rings. The molecule has 0 saturated carbocycles. The SMILES string of the molecule is [C-]#[N+]c1ccc(-c2nc(N(C)CC3CCNC3)n(C)c(=O)c2-c2ccc(OC)cc2)cc1F. The molecule has 1 atom stereocenters. The normalized spacial score (nSPS) is 15.3. The van der Waals surface area contributed by atoms with Gasteiger partial charge in [-0.2, -0.15) is 0 Å². The van der Waals surface area contributed by atoms with Crippen molar-refractivity contribution < 1.29 is 9.13 Å². The molecule has 0 spiro atoms. The van der Waals surface area contributed by atoms with Gasteiger partial charge in [-0.1, -0.05) is 24.3 Å². The van der Waals surface area contributed by atoms with Gasteiger partial charge in [0.1, 0.15) is 11.6 Å². The van der Waals surface area contributed by atoms with Crippen LogP contribution in [0.1, 0.15) is 6.42 Å². The zero-order chi connectivity index (χ0) is 23.5. The van der Waals surface area contributed by atoms with E-state index in [1.54, 1.807) is 44.5 Å². The van der Waals surface area contributed by atoms with Gasteiger partial charge in [-0.25, -0.2) is 14.2 Å². The summed E-state index contributed by atoms with van der Waals surface area (Å²) in [6.07, 6.45) is 1.07. The van der Waals surface area contributed by atoms with Gasteiger partial charge in [0, 0.05) is 26.2 Å². The Kier molecular flexibility index (Phi) is 6.43. The molecular formula is C25H26FN5O2. The highest BCUT2D eigenvalue weighted by Gasteiger charge is 2.23. The smallest absolute Gasteiger partial charge is 0.263 e. The minimum absolute atomic E-state index is 0.0698. The Balaban J connectivity index is 1.89. The molecule has 0 bridgehead atoms. The minimum atomic E-state index is -0.641.